The smallest absolute Gasteiger partial charge is 0.0753 e. The minimum atomic E-state index is -0.0648. The molecule has 2 N–H and O–H groups in total. The van der Waals surface area contributed by atoms with Gasteiger partial charge in [-0.15, -0.1) is 11.3 Å². The summed E-state index contributed by atoms with van der Waals surface area (Å²) < 4.78 is 5.78. The summed E-state index contributed by atoms with van der Waals surface area (Å²) in [5.41, 5.74) is 7.36. The number of nitrogens with zero attached hydrogens (tertiary/aromatic N) is 1. The van der Waals surface area contributed by atoms with Crippen molar-refractivity contribution in [2.24, 2.45) is 5.73 Å². The van der Waals surface area contributed by atoms with Crippen LogP contribution in [0.1, 0.15) is 35.2 Å². The molecule has 0 spiro atoms. The summed E-state index contributed by atoms with van der Waals surface area (Å²) in [4.78, 5) is 5.23. The minimum absolute atomic E-state index is 0.0648. The van der Waals surface area contributed by atoms with Crippen molar-refractivity contribution >= 4 is 11.3 Å². The van der Waals surface area contributed by atoms with Crippen molar-refractivity contribution in [3.8, 4) is 0 Å². The van der Waals surface area contributed by atoms with Gasteiger partial charge in [-0.05, 0) is 39.3 Å². The van der Waals surface area contributed by atoms with Crippen LogP contribution in [0.15, 0.2) is 6.07 Å². The van der Waals surface area contributed by atoms with E-state index in [1.807, 2.05) is 11.3 Å². The lowest BCUT2D eigenvalue weighted by atomic mass is 10.0. The molecule has 1 aliphatic heterocycles. The normalized spacial score (nSPS) is 22.1. The summed E-state index contributed by atoms with van der Waals surface area (Å²) >= 11 is 1.86. The second-order valence-electron chi connectivity index (χ2n) is 5.70. The number of nitrogens with two attached hydrogens (primary N) is 1. The molecule has 3 nitrogen and oxygen atoms in total. The SMILES string of the molecule is Cc1cc(C(CN)N2CCOC(C)(C)C2)c(C)s1. The molecule has 0 amide bonds. The van der Waals surface area contributed by atoms with Crippen LogP contribution in [0.4, 0.5) is 0 Å². The number of hydrogen-bond acceptors (Lipinski definition) is 4. The number of hydrogen-bond donors (Lipinski definition) is 1. The Bertz CT molecular complexity index is 414. The zero-order valence-corrected chi connectivity index (χ0v) is 12.6. The Morgan fingerprint density at radius 2 is 2.22 bits per heavy atom. The predicted octanol–water partition coefficient (Wildman–Crippen LogP) is 2.48. The molecule has 102 valence electrons. The second kappa shape index (κ2) is 5.29. The van der Waals surface area contributed by atoms with Gasteiger partial charge in [0.05, 0.1) is 12.2 Å². The van der Waals surface area contributed by atoms with E-state index in [0.29, 0.717) is 12.6 Å². The molecule has 0 aliphatic carbocycles. The molecule has 1 unspecified atom stereocenters. The summed E-state index contributed by atoms with van der Waals surface area (Å²) in [6.07, 6.45) is 0. The maximum atomic E-state index is 6.02. The molecule has 1 aromatic rings. The monoisotopic (exact) mass is 268 g/mol. The Morgan fingerprint density at radius 1 is 1.50 bits per heavy atom. The fraction of sp³-hybridized carbons (Fsp3) is 0.714. The van der Waals surface area contributed by atoms with Gasteiger partial charge in [0.15, 0.2) is 0 Å². The van der Waals surface area contributed by atoms with Gasteiger partial charge in [0, 0.05) is 35.4 Å². The van der Waals surface area contributed by atoms with Crippen molar-refractivity contribution in [2.75, 3.05) is 26.2 Å². The Kier molecular flexibility index (Phi) is 4.11. The molecule has 1 fully saturated rings. The van der Waals surface area contributed by atoms with E-state index in [4.69, 9.17) is 10.5 Å². The number of rotatable bonds is 3. The molecule has 0 saturated carbocycles. The van der Waals surface area contributed by atoms with Gasteiger partial charge in [0.25, 0.3) is 0 Å². The fourth-order valence-electron chi connectivity index (χ4n) is 2.77. The highest BCUT2D eigenvalue weighted by Gasteiger charge is 2.32. The van der Waals surface area contributed by atoms with Crippen molar-refractivity contribution in [3.63, 3.8) is 0 Å². The van der Waals surface area contributed by atoms with Crippen molar-refractivity contribution in [3.05, 3.63) is 21.4 Å². The van der Waals surface area contributed by atoms with Crippen molar-refractivity contribution in [1.29, 1.82) is 0 Å². The lowest BCUT2D eigenvalue weighted by Crippen LogP contribution is -2.50. The molecule has 2 heterocycles. The van der Waals surface area contributed by atoms with Crippen LogP contribution in [-0.4, -0.2) is 36.7 Å². The molecule has 4 heteroatoms. The first-order chi connectivity index (χ1) is 8.43. The molecule has 1 saturated heterocycles. The average Bonchev–Trinajstić information content (AvgIpc) is 2.58. The van der Waals surface area contributed by atoms with Gasteiger partial charge < -0.3 is 10.5 Å². The van der Waals surface area contributed by atoms with Gasteiger partial charge in [0.1, 0.15) is 0 Å². The van der Waals surface area contributed by atoms with E-state index < -0.39 is 0 Å². The van der Waals surface area contributed by atoms with Crippen LogP contribution in [0.2, 0.25) is 0 Å². The third kappa shape index (κ3) is 2.94. The van der Waals surface area contributed by atoms with E-state index in [9.17, 15) is 0 Å². The average molecular weight is 268 g/mol. The Labute approximate surface area is 114 Å². The maximum Gasteiger partial charge on any atom is 0.0753 e. The van der Waals surface area contributed by atoms with Gasteiger partial charge in [-0.2, -0.15) is 0 Å². The van der Waals surface area contributed by atoms with Crippen LogP contribution < -0.4 is 5.73 Å². The zero-order valence-electron chi connectivity index (χ0n) is 11.8. The Balaban J connectivity index is 2.20. The molecular weight excluding hydrogens is 244 g/mol. The first kappa shape index (κ1) is 14.0. The third-order valence-electron chi connectivity index (χ3n) is 3.56. The highest BCUT2D eigenvalue weighted by atomic mass is 32.1. The second-order valence-corrected chi connectivity index (χ2v) is 7.16. The minimum Gasteiger partial charge on any atom is -0.373 e. The third-order valence-corrected chi connectivity index (χ3v) is 4.54. The van der Waals surface area contributed by atoms with Crippen LogP contribution in [-0.2, 0) is 4.74 Å². The molecule has 1 atom stereocenters. The number of ether oxygens (including phenoxy) is 1. The van der Waals surface area contributed by atoms with E-state index in [2.05, 4.69) is 38.7 Å². The summed E-state index contributed by atoms with van der Waals surface area (Å²) in [6, 6.07) is 2.62. The summed E-state index contributed by atoms with van der Waals surface area (Å²) in [5, 5.41) is 0. The van der Waals surface area contributed by atoms with Gasteiger partial charge in [0.2, 0.25) is 0 Å². The molecule has 0 bridgehead atoms. The highest BCUT2D eigenvalue weighted by Crippen LogP contribution is 2.32. The van der Waals surface area contributed by atoms with E-state index in [1.165, 1.54) is 15.3 Å². The topological polar surface area (TPSA) is 38.5 Å². The van der Waals surface area contributed by atoms with Crippen molar-refractivity contribution in [2.45, 2.75) is 39.3 Å². The van der Waals surface area contributed by atoms with E-state index in [0.717, 1.165) is 19.7 Å². The molecule has 2 rings (SSSR count). The van der Waals surface area contributed by atoms with Gasteiger partial charge in [-0.3, -0.25) is 4.90 Å². The van der Waals surface area contributed by atoms with E-state index >= 15 is 0 Å². The first-order valence-electron chi connectivity index (χ1n) is 6.58. The standard InChI is InChI=1S/C14H24N2OS/c1-10-7-12(11(2)18-10)13(8-15)16-5-6-17-14(3,4)9-16/h7,13H,5-6,8-9,15H2,1-4H3. The number of morpholine rings is 1. The quantitative estimate of drug-likeness (QED) is 0.915. The Morgan fingerprint density at radius 3 is 2.72 bits per heavy atom. The van der Waals surface area contributed by atoms with Crippen LogP contribution in [0.5, 0.6) is 0 Å². The zero-order chi connectivity index (χ0) is 13.3. The van der Waals surface area contributed by atoms with Gasteiger partial charge in [-0.1, -0.05) is 0 Å². The van der Waals surface area contributed by atoms with Crippen LogP contribution in [0.3, 0.4) is 0 Å². The molecule has 1 aromatic heterocycles. The summed E-state index contributed by atoms with van der Waals surface area (Å²) in [5.74, 6) is 0. The van der Waals surface area contributed by atoms with Crippen molar-refractivity contribution < 1.29 is 4.74 Å². The van der Waals surface area contributed by atoms with Crippen LogP contribution in [0, 0.1) is 13.8 Å². The number of thiophene rings is 1. The first-order valence-corrected chi connectivity index (χ1v) is 7.39. The summed E-state index contributed by atoms with van der Waals surface area (Å²) in [6.45, 7) is 12.1. The Hall–Kier alpha value is -0.420. The van der Waals surface area contributed by atoms with Gasteiger partial charge >= 0.3 is 0 Å². The molecule has 0 radical (unpaired) electrons. The summed E-state index contributed by atoms with van der Waals surface area (Å²) in [7, 11) is 0. The van der Waals surface area contributed by atoms with E-state index in [1.54, 1.807) is 0 Å². The van der Waals surface area contributed by atoms with E-state index in [-0.39, 0.29) is 5.60 Å². The predicted molar refractivity (Wildman–Crippen MR) is 77.2 cm³/mol. The maximum absolute atomic E-state index is 6.02. The van der Waals surface area contributed by atoms with Crippen molar-refractivity contribution in [1.82, 2.24) is 4.90 Å². The largest absolute Gasteiger partial charge is 0.373 e. The highest BCUT2D eigenvalue weighted by molar-refractivity contribution is 7.12. The molecular formula is C14H24N2OS. The van der Waals surface area contributed by atoms with Gasteiger partial charge in [-0.25, -0.2) is 0 Å². The molecule has 0 aromatic carbocycles. The molecule has 18 heavy (non-hydrogen) atoms. The van der Waals surface area contributed by atoms with Crippen LogP contribution >= 0.6 is 11.3 Å². The lowest BCUT2D eigenvalue weighted by Gasteiger charge is -2.42. The fourth-order valence-corrected chi connectivity index (χ4v) is 3.75. The molecule has 1 aliphatic rings. The number of aryl methyl sites for hydroxylation is 2. The lowest BCUT2D eigenvalue weighted by molar-refractivity contribution is -0.0967. The van der Waals surface area contributed by atoms with Crippen LogP contribution in [0.25, 0.3) is 0 Å².